The molecule has 0 heterocycles. The van der Waals surface area contributed by atoms with Gasteiger partial charge < -0.3 is 9.64 Å². The van der Waals surface area contributed by atoms with Crippen LogP contribution in [0, 0.1) is 5.92 Å². The van der Waals surface area contributed by atoms with Gasteiger partial charge in [0.15, 0.2) is 0 Å². The Balaban J connectivity index is 4.30. The highest BCUT2D eigenvalue weighted by atomic mass is 16.5. The maximum Gasteiger partial charge on any atom is 0.306 e. The van der Waals surface area contributed by atoms with Crippen LogP contribution < -0.4 is 0 Å². The van der Waals surface area contributed by atoms with Gasteiger partial charge in [-0.2, -0.15) is 0 Å². The van der Waals surface area contributed by atoms with Crippen molar-refractivity contribution >= 4 is 5.97 Å². The van der Waals surface area contributed by atoms with Crippen LogP contribution in [0.3, 0.4) is 0 Å². The fourth-order valence-corrected chi connectivity index (χ4v) is 8.13. The molecular weight excluding hydrogens is 647 g/mol. The number of allylic oxidation sites excluding steroid dienone is 1. The molecule has 3 nitrogen and oxygen atoms in total. The molecule has 0 aromatic heterocycles. The topological polar surface area (TPSA) is 29.5 Å². The summed E-state index contributed by atoms with van der Waals surface area (Å²) in [7, 11) is 0. The second-order valence-electron chi connectivity index (χ2n) is 17.3. The smallest absolute Gasteiger partial charge is 0.306 e. The molecule has 0 radical (unpaired) electrons. The molecule has 0 rings (SSSR count). The fraction of sp³-hybridized carbons (Fsp3) is 0.940. The molecule has 0 aliphatic rings. The molecule has 2 atom stereocenters. The van der Waals surface area contributed by atoms with Crippen LogP contribution in [0.5, 0.6) is 0 Å². The third kappa shape index (κ3) is 37.9. The van der Waals surface area contributed by atoms with Crippen molar-refractivity contribution in [3.63, 3.8) is 0 Å². The lowest BCUT2D eigenvalue weighted by Crippen LogP contribution is -2.27. The van der Waals surface area contributed by atoms with Crippen molar-refractivity contribution in [3.8, 4) is 0 Å². The van der Waals surface area contributed by atoms with Gasteiger partial charge in [-0.3, -0.25) is 4.79 Å². The van der Waals surface area contributed by atoms with Gasteiger partial charge in [0.1, 0.15) is 6.10 Å². The van der Waals surface area contributed by atoms with Crippen molar-refractivity contribution < 1.29 is 9.53 Å². The molecule has 0 bridgehead atoms. The second-order valence-corrected chi connectivity index (χ2v) is 17.3. The minimum atomic E-state index is 0.0556. The molecule has 0 fully saturated rings. The van der Waals surface area contributed by atoms with Crippen LogP contribution in [0.4, 0.5) is 0 Å². The van der Waals surface area contributed by atoms with Gasteiger partial charge in [0.25, 0.3) is 0 Å². The molecule has 0 aliphatic carbocycles. The Kier molecular flexibility index (Phi) is 41.7. The Morgan fingerprint density at radius 1 is 0.434 bits per heavy atom. The van der Waals surface area contributed by atoms with Gasteiger partial charge in [0.05, 0.1) is 0 Å². The Hall–Kier alpha value is -0.830. The summed E-state index contributed by atoms with van der Waals surface area (Å²) in [5.74, 6) is 0.934. The van der Waals surface area contributed by atoms with E-state index in [1.807, 2.05) is 0 Å². The minimum absolute atomic E-state index is 0.0556. The number of nitrogens with zero attached hydrogens (tertiary/aromatic N) is 1. The Morgan fingerprint density at radius 2 is 0.792 bits per heavy atom. The zero-order chi connectivity index (χ0) is 38.9. The predicted molar refractivity (Wildman–Crippen MR) is 238 cm³/mol. The van der Waals surface area contributed by atoms with E-state index in [4.69, 9.17) is 4.74 Å². The van der Waals surface area contributed by atoms with Crippen LogP contribution in [-0.4, -0.2) is 36.6 Å². The summed E-state index contributed by atoms with van der Waals surface area (Å²) < 4.78 is 6.05. The lowest BCUT2D eigenvalue weighted by atomic mass is 9.87. The summed E-state index contributed by atoms with van der Waals surface area (Å²) in [6.45, 7) is 19.8. The Morgan fingerprint density at radius 3 is 1.28 bits per heavy atom. The highest BCUT2D eigenvalue weighted by Gasteiger charge is 2.15. The predicted octanol–water partition coefficient (Wildman–Crippen LogP) is 16.9. The molecule has 0 aromatic carbocycles. The molecule has 0 N–H and O–H groups in total. The summed E-state index contributed by atoms with van der Waals surface area (Å²) in [5.41, 5.74) is 1.53. The number of carbonyl (C=O) groups excluding carboxylic acids is 1. The first-order valence-corrected chi connectivity index (χ1v) is 24.6. The summed E-state index contributed by atoms with van der Waals surface area (Å²) in [5, 5.41) is 0. The number of rotatable bonds is 44. The summed E-state index contributed by atoms with van der Waals surface area (Å²) in [4.78, 5) is 15.5. The highest BCUT2D eigenvalue weighted by Crippen LogP contribution is 2.27. The van der Waals surface area contributed by atoms with Gasteiger partial charge in [-0.25, -0.2) is 0 Å². The summed E-state index contributed by atoms with van der Waals surface area (Å²) in [6, 6.07) is 0. The van der Waals surface area contributed by atoms with Crippen molar-refractivity contribution in [1.82, 2.24) is 4.90 Å². The zero-order valence-electron chi connectivity index (χ0n) is 37.4. The van der Waals surface area contributed by atoms with Crippen LogP contribution in [-0.2, 0) is 9.53 Å². The molecule has 0 amide bonds. The number of unbranched alkanes of at least 4 members (excludes halogenated alkanes) is 23. The van der Waals surface area contributed by atoms with E-state index in [0.717, 1.165) is 31.6 Å². The molecule has 0 saturated heterocycles. The van der Waals surface area contributed by atoms with E-state index in [0.29, 0.717) is 6.42 Å². The second kappa shape index (κ2) is 42.3. The fourth-order valence-electron chi connectivity index (χ4n) is 8.13. The molecule has 0 aromatic rings. The number of ether oxygens (including phenoxy) is 1. The van der Waals surface area contributed by atoms with E-state index in [1.54, 1.807) is 0 Å². The van der Waals surface area contributed by atoms with Gasteiger partial charge in [-0.1, -0.05) is 207 Å². The van der Waals surface area contributed by atoms with Crippen LogP contribution in [0.1, 0.15) is 272 Å². The molecule has 53 heavy (non-hydrogen) atoms. The lowest BCUT2D eigenvalue weighted by molar-refractivity contribution is -0.150. The quantitative estimate of drug-likeness (QED) is 0.0353. The summed E-state index contributed by atoms with van der Waals surface area (Å²) in [6.07, 6.45) is 47.7. The standard InChI is InChI=1S/C50H99NO2/c1-7-12-17-21-23-31-39-48(38-30-19-14-9-3)46-47(6)37-29-25-27-35-44-51(43-16-11-5)45-36-28-26-34-42-50(52)53-49(40-32-20-15-10-4)41-33-24-22-18-13-8-2/h48-49H,6-46H2,1-5H3. The SMILES string of the molecule is C=C(CCCCCCN(CCCC)CCCCCCC(=O)OC(CCCCCC)CCCCCCCC)CC(CCCCCC)CCCCCCCC. The third-order valence-corrected chi connectivity index (χ3v) is 11.8. The first-order chi connectivity index (χ1) is 26.0. The minimum Gasteiger partial charge on any atom is -0.462 e. The van der Waals surface area contributed by atoms with E-state index >= 15 is 0 Å². The van der Waals surface area contributed by atoms with Crippen LogP contribution >= 0.6 is 0 Å². The van der Waals surface area contributed by atoms with Gasteiger partial charge >= 0.3 is 5.97 Å². The molecule has 3 heteroatoms. The summed E-state index contributed by atoms with van der Waals surface area (Å²) >= 11 is 0. The monoisotopic (exact) mass is 746 g/mol. The number of esters is 1. The van der Waals surface area contributed by atoms with E-state index in [9.17, 15) is 4.79 Å². The van der Waals surface area contributed by atoms with E-state index in [2.05, 4.69) is 46.1 Å². The van der Waals surface area contributed by atoms with Crippen molar-refractivity contribution in [3.05, 3.63) is 12.2 Å². The molecule has 0 aliphatic heterocycles. The largest absolute Gasteiger partial charge is 0.462 e. The maximum absolute atomic E-state index is 12.8. The average molecular weight is 746 g/mol. The normalized spacial score (nSPS) is 12.8. The van der Waals surface area contributed by atoms with Crippen molar-refractivity contribution in [2.24, 2.45) is 5.92 Å². The average Bonchev–Trinajstić information content (AvgIpc) is 3.15. The van der Waals surface area contributed by atoms with Crippen molar-refractivity contribution in [2.45, 2.75) is 278 Å². The highest BCUT2D eigenvalue weighted by molar-refractivity contribution is 5.69. The van der Waals surface area contributed by atoms with Crippen LogP contribution in [0.2, 0.25) is 0 Å². The molecular formula is C50H99NO2. The number of hydrogen-bond acceptors (Lipinski definition) is 3. The molecule has 0 saturated carbocycles. The number of carbonyl (C=O) groups is 1. The first kappa shape index (κ1) is 52.2. The number of hydrogen-bond donors (Lipinski definition) is 0. The third-order valence-electron chi connectivity index (χ3n) is 11.8. The zero-order valence-corrected chi connectivity index (χ0v) is 37.4. The molecule has 316 valence electrons. The van der Waals surface area contributed by atoms with Crippen molar-refractivity contribution in [2.75, 3.05) is 19.6 Å². The van der Waals surface area contributed by atoms with Crippen LogP contribution in [0.25, 0.3) is 0 Å². The molecule has 2 unspecified atom stereocenters. The van der Waals surface area contributed by atoms with Gasteiger partial charge in [0, 0.05) is 6.42 Å². The molecule has 0 spiro atoms. The van der Waals surface area contributed by atoms with E-state index < -0.39 is 0 Å². The van der Waals surface area contributed by atoms with E-state index in [-0.39, 0.29) is 12.1 Å². The van der Waals surface area contributed by atoms with E-state index in [1.165, 1.54) is 231 Å². The van der Waals surface area contributed by atoms with Gasteiger partial charge in [-0.05, 0) is 96.2 Å². The van der Waals surface area contributed by atoms with Crippen molar-refractivity contribution in [1.29, 1.82) is 0 Å². The van der Waals surface area contributed by atoms with Gasteiger partial charge in [-0.15, -0.1) is 0 Å². The first-order valence-electron chi connectivity index (χ1n) is 24.6. The Labute approximate surface area is 335 Å². The Bertz CT molecular complexity index is 692. The van der Waals surface area contributed by atoms with Gasteiger partial charge in [0.2, 0.25) is 0 Å². The maximum atomic E-state index is 12.8. The lowest BCUT2D eigenvalue weighted by Gasteiger charge is -2.22. The van der Waals surface area contributed by atoms with Crippen LogP contribution in [0.15, 0.2) is 12.2 Å².